The molecule has 34 heavy (non-hydrogen) atoms. The monoisotopic (exact) mass is 496 g/mol. The van der Waals surface area contributed by atoms with Crippen LogP contribution in [-0.4, -0.2) is 37.4 Å². The van der Waals surface area contributed by atoms with Crippen LogP contribution in [0.2, 0.25) is 5.02 Å². The summed E-state index contributed by atoms with van der Waals surface area (Å²) in [6.07, 6.45) is 0. The summed E-state index contributed by atoms with van der Waals surface area (Å²) in [7, 11) is 3.27. The number of hydrogen-bond donors (Lipinski definition) is 4. The highest BCUT2D eigenvalue weighted by Gasteiger charge is 2.09. The first-order chi connectivity index (χ1) is 15.8. The molecular weight excluding hydrogens is 471 g/mol. The fourth-order valence-corrected chi connectivity index (χ4v) is 3.23. The Labute approximate surface area is 209 Å². The quantitative estimate of drug-likeness (QED) is 0.304. The van der Waals surface area contributed by atoms with Crippen molar-refractivity contribution < 1.29 is 0 Å². The molecule has 0 saturated heterocycles. The number of nitrogens with zero attached hydrogens (tertiary/aromatic N) is 4. The molecule has 0 bridgehead atoms. The fourth-order valence-electron chi connectivity index (χ4n) is 2.96. The second kappa shape index (κ2) is 11.8. The molecule has 8 nitrogen and oxygen atoms in total. The number of aliphatic imine (C=N–C) groups is 4. The van der Waals surface area contributed by atoms with Crippen molar-refractivity contribution in [3.63, 3.8) is 0 Å². The Hall–Kier alpha value is -3.88. The molecule has 0 fully saturated rings. The van der Waals surface area contributed by atoms with Gasteiger partial charge in [0, 0.05) is 36.3 Å². The van der Waals surface area contributed by atoms with Crippen molar-refractivity contribution in [1.82, 2.24) is 0 Å². The summed E-state index contributed by atoms with van der Waals surface area (Å²) < 4.78 is 0. The molecule has 3 rings (SSSR count). The van der Waals surface area contributed by atoms with E-state index in [1.165, 1.54) is 0 Å². The molecule has 0 aliphatic carbocycles. The van der Waals surface area contributed by atoms with Crippen molar-refractivity contribution in [3.8, 4) is 0 Å². The highest BCUT2D eigenvalue weighted by Crippen LogP contribution is 2.21. The van der Waals surface area contributed by atoms with Gasteiger partial charge in [0.1, 0.15) is 23.3 Å². The maximum atomic E-state index is 6.46. The number of rotatable bonds is 6. The molecule has 0 amide bonds. The van der Waals surface area contributed by atoms with Crippen molar-refractivity contribution in [3.05, 3.63) is 94.0 Å². The highest BCUT2D eigenvalue weighted by molar-refractivity contribution is 6.34. The van der Waals surface area contributed by atoms with E-state index in [4.69, 9.17) is 34.5 Å². The smallest absolute Gasteiger partial charge is 0.132 e. The minimum absolute atomic E-state index is 0. The Morgan fingerprint density at radius 1 is 0.588 bits per heavy atom. The van der Waals surface area contributed by atoms with Crippen LogP contribution in [0.1, 0.15) is 22.3 Å². The fraction of sp³-hybridized carbons (Fsp3) is 0.0833. The standard InChI is InChI=1S/C24H25ClN8.ClH/c1-30-21(26)14-3-8-17(9-4-14)32-23(28)16-7-12-19(20(25)13-16)24(29)33-18-10-5-15(6-11-18)22(27)31-2;/h3-13H,1-2H3,(H2,26,30)(H2,27,31)(H2,28,32)(H2,29,33);1H. The topological polar surface area (TPSA) is 154 Å². The lowest BCUT2D eigenvalue weighted by atomic mass is 10.1. The molecule has 0 heterocycles. The Morgan fingerprint density at radius 3 is 1.41 bits per heavy atom. The van der Waals surface area contributed by atoms with E-state index in [2.05, 4.69) is 20.0 Å². The first-order valence-corrected chi connectivity index (χ1v) is 10.3. The average Bonchev–Trinajstić information content (AvgIpc) is 2.83. The number of benzene rings is 3. The maximum absolute atomic E-state index is 6.46. The normalized spacial score (nSPS) is 12.9. The van der Waals surface area contributed by atoms with Gasteiger partial charge in [0.15, 0.2) is 0 Å². The van der Waals surface area contributed by atoms with Gasteiger partial charge in [-0.25, -0.2) is 9.98 Å². The second-order valence-corrected chi connectivity index (χ2v) is 7.41. The van der Waals surface area contributed by atoms with E-state index in [1.807, 2.05) is 36.4 Å². The summed E-state index contributed by atoms with van der Waals surface area (Å²) >= 11 is 6.46. The molecular formula is C24H26Cl2N8. The largest absolute Gasteiger partial charge is 0.384 e. The molecule has 176 valence electrons. The summed E-state index contributed by atoms with van der Waals surface area (Å²) in [5, 5.41) is 0.410. The van der Waals surface area contributed by atoms with Gasteiger partial charge >= 0.3 is 0 Å². The van der Waals surface area contributed by atoms with Crippen molar-refractivity contribution in [2.75, 3.05) is 14.1 Å². The van der Waals surface area contributed by atoms with E-state index < -0.39 is 0 Å². The zero-order valence-corrected chi connectivity index (χ0v) is 20.3. The summed E-state index contributed by atoms with van der Waals surface area (Å²) in [6, 6.07) is 19.8. The molecule has 0 atom stereocenters. The van der Waals surface area contributed by atoms with Crippen LogP contribution in [0.25, 0.3) is 0 Å². The Balaban J connectivity index is 0.00000408. The van der Waals surface area contributed by atoms with Gasteiger partial charge in [-0.1, -0.05) is 17.7 Å². The maximum Gasteiger partial charge on any atom is 0.132 e. The molecule has 0 aliphatic rings. The minimum Gasteiger partial charge on any atom is -0.384 e. The molecule has 0 aromatic heterocycles. The molecule has 3 aromatic carbocycles. The molecule has 0 spiro atoms. The molecule has 3 aromatic rings. The van der Waals surface area contributed by atoms with Crippen LogP contribution in [0.5, 0.6) is 0 Å². The first-order valence-electron chi connectivity index (χ1n) is 9.96. The van der Waals surface area contributed by atoms with Crippen LogP contribution in [0.4, 0.5) is 11.4 Å². The predicted octanol–water partition coefficient (Wildman–Crippen LogP) is 3.51. The number of halogens is 2. The average molecular weight is 497 g/mol. The molecule has 8 N–H and O–H groups in total. The van der Waals surface area contributed by atoms with Gasteiger partial charge in [-0.15, -0.1) is 12.4 Å². The third-order valence-corrected chi connectivity index (χ3v) is 5.16. The van der Waals surface area contributed by atoms with Crippen molar-refractivity contribution >= 4 is 58.7 Å². The van der Waals surface area contributed by atoms with Gasteiger partial charge in [0.25, 0.3) is 0 Å². The second-order valence-electron chi connectivity index (χ2n) is 7.00. The zero-order chi connectivity index (χ0) is 24.0. The van der Waals surface area contributed by atoms with Crippen LogP contribution in [0, 0.1) is 0 Å². The molecule has 0 saturated carbocycles. The lowest BCUT2D eigenvalue weighted by Crippen LogP contribution is -2.16. The van der Waals surface area contributed by atoms with E-state index >= 15 is 0 Å². The van der Waals surface area contributed by atoms with E-state index in [-0.39, 0.29) is 18.2 Å². The summed E-state index contributed by atoms with van der Waals surface area (Å²) in [6.45, 7) is 0. The lowest BCUT2D eigenvalue weighted by molar-refractivity contribution is 1.38. The summed E-state index contributed by atoms with van der Waals surface area (Å²) in [4.78, 5) is 16.8. The van der Waals surface area contributed by atoms with E-state index in [1.54, 1.807) is 44.4 Å². The van der Waals surface area contributed by atoms with Crippen LogP contribution < -0.4 is 22.9 Å². The minimum atomic E-state index is 0. The Kier molecular flexibility index (Phi) is 9.18. The van der Waals surface area contributed by atoms with Crippen LogP contribution in [0.15, 0.2) is 86.7 Å². The number of nitrogens with two attached hydrogens (primary N) is 4. The van der Waals surface area contributed by atoms with Crippen LogP contribution in [-0.2, 0) is 0 Å². The van der Waals surface area contributed by atoms with Gasteiger partial charge in [-0.3, -0.25) is 9.98 Å². The summed E-state index contributed by atoms with van der Waals surface area (Å²) in [5.41, 5.74) is 28.2. The third-order valence-electron chi connectivity index (χ3n) is 4.85. The van der Waals surface area contributed by atoms with Crippen molar-refractivity contribution in [2.24, 2.45) is 42.9 Å². The van der Waals surface area contributed by atoms with E-state index in [0.29, 0.717) is 45.0 Å². The Morgan fingerprint density at radius 2 is 1.00 bits per heavy atom. The van der Waals surface area contributed by atoms with Gasteiger partial charge in [-0.05, 0) is 60.7 Å². The van der Waals surface area contributed by atoms with Crippen molar-refractivity contribution in [1.29, 1.82) is 0 Å². The summed E-state index contributed by atoms with van der Waals surface area (Å²) in [5.74, 6) is 1.49. The van der Waals surface area contributed by atoms with Gasteiger partial charge < -0.3 is 22.9 Å². The number of amidine groups is 4. The van der Waals surface area contributed by atoms with Crippen molar-refractivity contribution in [2.45, 2.75) is 0 Å². The SMILES string of the molecule is CN=C(N)c1ccc(N=C(N)c2ccc(C(N)=Nc3ccc(C(N)=NC)cc3)c(Cl)c2)cc1.Cl. The first kappa shape index (κ1) is 26.4. The molecule has 0 radical (unpaired) electrons. The Bertz CT molecular complexity index is 1260. The van der Waals surface area contributed by atoms with Crippen LogP contribution in [0.3, 0.4) is 0 Å². The van der Waals surface area contributed by atoms with Gasteiger partial charge in [0.05, 0.1) is 16.4 Å². The van der Waals surface area contributed by atoms with Gasteiger partial charge in [0.2, 0.25) is 0 Å². The van der Waals surface area contributed by atoms with Gasteiger partial charge in [-0.2, -0.15) is 0 Å². The molecule has 0 aliphatic heterocycles. The number of hydrogen-bond acceptors (Lipinski definition) is 4. The lowest BCUT2D eigenvalue weighted by Gasteiger charge is -2.08. The highest BCUT2D eigenvalue weighted by atomic mass is 35.5. The van der Waals surface area contributed by atoms with E-state index in [0.717, 1.165) is 11.1 Å². The third kappa shape index (κ3) is 6.34. The van der Waals surface area contributed by atoms with E-state index in [9.17, 15) is 0 Å². The zero-order valence-electron chi connectivity index (χ0n) is 18.7. The molecule has 10 heteroatoms. The molecule has 0 unspecified atom stereocenters. The van der Waals surface area contributed by atoms with Crippen LogP contribution >= 0.6 is 24.0 Å². The predicted molar refractivity (Wildman–Crippen MR) is 146 cm³/mol.